The minimum Gasteiger partial charge on any atom is -0.456 e. The van der Waals surface area contributed by atoms with Crippen LogP contribution in [0.1, 0.15) is 0 Å². The maximum absolute atomic E-state index is 5.35. The monoisotopic (exact) mass is 196 g/mol. The van der Waals surface area contributed by atoms with Gasteiger partial charge in [-0.05, 0) is 12.1 Å². The molecule has 0 atom stereocenters. The van der Waals surface area contributed by atoms with Crippen molar-refractivity contribution in [2.45, 2.75) is 0 Å². The fourth-order valence-electron chi connectivity index (χ4n) is 0.885. The summed E-state index contributed by atoms with van der Waals surface area (Å²) in [5, 5.41) is 0. The molecule has 76 valence electrons. The minimum absolute atomic E-state index is 0.0894. The van der Waals surface area contributed by atoms with Gasteiger partial charge >= 0.3 is 0 Å². The molecule has 0 heterocycles. The molecule has 14 heavy (non-hydrogen) atoms. The van der Waals surface area contributed by atoms with Crippen molar-refractivity contribution in [3.8, 4) is 5.75 Å². The van der Waals surface area contributed by atoms with Crippen molar-refractivity contribution < 1.29 is 14.4 Å². The van der Waals surface area contributed by atoms with Crippen LogP contribution in [0.5, 0.6) is 5.75 Å². The van der Waals surface area contributed by atoms with Crippen LogP contribution in [0.2, 0.25) is 0 Å². The second-order valence-corrected chi connectivity index (χ2v) is 2.45. The molecule has 0 aliphatic heterocycles. The molecule has 0 aromatic heterocycles. The van der Waals surface area contributed by atoms with E-state index in [1.165, 1.54) is 6.26 Å². The normalized spacial score (nSPS) is 11.1. The second-order valence-electron chi connectivity index (χ2n) is 2.45. The van der Waals surface area contributed by atoms with E-state index in [2.05, 4.69) is 9.68 Å². The van der Waals surface area contributed by atoms with Crippen LogP contribution < -0.4 is 16.5 Å². The van der Waals surface area contributed by atoms with E-state index in [1.807, 2.05) is 18.2 Å². The van der Waals surface area contributed by atoms with E-state index in [0.29, 0.717) is 11.5 Å². The van der Waals surface area contributed by atoms with Gasteiger partial charge in [-0.1, -0.05) is 18.2 Å². The summed E-state index contributed by atoms with van der Waals surface area (Å²) < 4.78 is 5.35. The molecule has 0 bridgehead atoms. The van der Waals surface area contributed by atoms with Crippen molar-refractivity contribution >= 4 is 0 Å². The van der Waals surface area contributed by atoms with Crippen molar-refractivity contribution in [1.29, 1.82) is 0 Å². The molecular weight excluding hydrogens is 184 g/mol. The third-order valence-corrected chi connectivity index (χ3v) is 1.42. The zero-order valence-corrected chi connectivity index (χ0v) is 7.55. The lowest BCUT2D eigenvalue weighted by Gasteiger charge is -2.07. The highest BCUT2D eigenvalue weighted by Gasteiger charge is 2.00. The Bertz CT molecular complexity index is 287. The number of para-hydroxylation sites is 1. The number of nitrogens with two attached hydrogens (primary N) is 2. The average Bonchev–Trinajstić information content (AvgIpc) is 2.20. The van der Waals surface area contributed by atoms with Crippen LogP contribution in [0.25, 0.3) is 0 Å². The van der Waals surface area contributed by atoms with E-state index in [4.69, 9.17) is 16.5 Å². The van der Waals surface area contributed by atoms with Crippen LogP contribution in [-0.4, -0.2) is 6.61 Å². The first kappa shape index (κ1) is 10.5. The molecule has 5 heteroatoms. The second kappa shape index (κ2) is 5.98. The molecule has 0 saturated carbocycles. The van der Waals surface area contributed by atoms with Gasteiger partial charge in [-0.3, -0.25) is 4.84 Å². The van der Waals surface area contributed by atoms with E-state index in [9.17, 15) is 0 Å². The van der Waals surface area contributed by atoms with Gasteiger partial charge in [-0.2, -0.15) is 5.90 Å². The van der Waals surface area contributed by atoms with Gasteiger partial charge in [0, 0.05) is 0 Å². The smallest absolute Gasteiger partial charge is 0.169 e. The average molecular weight is 196 g/mol. The van der Waals surface area contributed by atoms with E-state index in [1.54, 1.807) is 12.1 Å². The maximum atomic E-state index is 5.35. The molecule has 0 spiro atoms. The molecule has 0 saturated heterocycles. The quantitative estimate of drug-likeness (QED) is 0.535. The predicted molar refractivity (Wildman–Crippen MR) is 50.6 cm³/mol. The van der Waals surface area contributed by atoms with Crippen LogP contribution in [0.4, 0.5) is 0 Å². The van der Waals surface area contributed by atoms with Crippen LogP contribution in [0, 0.1) is 0 Å². The van der Waals surface area contributed by atoms with Gasteiger partial charge in [0.1, 0.15) is 12.4 Å². The summed E-state index contributed by atoms with van der Waals surface area (Å²) in [5.41, 5.74) is 0. The van der Waals surface area contributed by atoms with E-state index in [-0.39, 0.29) is 6.61 Å². The number of hydrogen-bond acceptors (Lipinski definition) is 5. The molecule has 0 aliphatic carbocycles. The summed E-state index contributed by atoms with van der Waals surface area (Å²) >= 11 is 0. The topological polar surface area (TPSA) is 79.7 Å². The van der Waals surface area contributed by atoms with Crippen LogP contribution in [-0.2, 0) is 9.68 Å². The Morgan fingerprint density at radius 2 is 1.93 bits per heavy atom. The first-order chi connectivity index (χ1) is 6.86. The lowest BCUT2D eigenvalue weighted by Crippen LogP contribution is -2.10. The van der Waals surface area contributed by atoms with Gasteiger partial charge in [-0.25, -0.2) is 5.90 Å². The first-order valence-electron chi connectivity index (χ1n) is 3.96. The molecule has 5 nitrogen and oxygen atoms in total. The molecule has 0 amide bonds. The first-order valence-corrected chi connectivity index (χ1v) is 3.96. The summed E-state index contributed by atoms with van der Waals surface area (Å²) in [6, 6.07) is 9.16. The van der Waals surface area contributed by atoms with Crippen molar-refractivity contribution in [2.24, 2.45) is 11.8 Å². The SMILES string of the molecule is NO/C=C(/CON)Oc1ccccc1. The fraction of sp³-hybridized carbons (Fsp3) is 0.111. The lowest BCUT2D eigenvalue weighted by atomic mass is 10.3. The van der Waals surface area contributed by atoms with Gasteiger partial charge in [0.2, 0.25) is 0 Å². The number of hydrogen-bond donors (Lipinski definition) is 2. The standard InChI is InChI=1S/C9H12N2O3/c10-12-6-9(7-13-11)14-8-4-2-1-3-5-8/h1-6H,7,10-11H2/b9-6-. The highest BCUT2D eigenvalue weighted by atomic mass is 16.6. The third kappa shape index (κ3) is 3.44. The number of ether oxygens (including phenoxy) is 1. The molecule has 0 radical (unpaired) electrons. The van der Waals surface area contributed by atoms with Gasteiger partial charge in [0.15, 0.2) is 12.0 Å². The molecular formula is C9H12N2O3. The molecule has 0 aliphatic rings. The molecule has 1 aromatic rings. The Morgan fingerprint density at radius 3 is 2.50 bits per heavy atom. The van der Waals surface area contributed by atoms with Gasteiger partial charge < -0.3 is 9.57 Å². The third-order valence-electron chi connectivity index (χ3n) is 1.42. The van der Waals surface area contributed by atoms with E-state index in [0.717, 1.165) is 0 Å². The lowest BCUT2D eigenvalue weighted by molar-refractivity contribution is 0.126. The van der Waals surface area contributed by atoms with Crippen LogP contribution >= 0.6 is 0 Å². The molecule has 4 N–H and O–H groups in total. The maximum Gasteiger partial charge on any atom is 0.169 e. The van der Waals surface area contributed by atoms with Gasteiger partial charge in [0.05, 0.1) is 0 Å². The zero-order chi connectivity index (χ0) is 10.2. The predicted octanol–water partition coefficient (Wildman–Crippen LogP) is 0.687. The Kier molecular flexibility index (Phi) is 4.49. The summed E-state index contributed by atoms with van der Waals surface area (Å²) in [7, 11) is 0. The summed E-state index contributed by atoms with van der Waals surface area (Å²) in [4.78, 5) is 8.71. The number of benzene rings is 1. The van der Waals surface area contributed by atoms with Gasteiger partial charge in [-0.15, -0.1) is 0 Å². The molecule has 1 aromatic carbocycles. The Morgan fingerprint density at radius 1 is 1.21 bits per heavy atom. The zero-order valence-electron chi connectivity index (χ0n) is 7.55. The minimum atomic E-state index is 0.0894. The summed E-state index contributed by atoms with van der Waals surface area (Å²) in [6.07, 6.45) is 1.22. The van der Waals surface area contributed by atoms with Gasteiger partial charge in [0.25, 0.3) is 0 Å². The molecule has 0 unspecified atom stereocenters. The van der Waals surface area contributed by atoms with E-state index >= 15 is 0 Å². The largest absolute Gasteiger partial charge is 0.456 e. The Hall–Kier alpha value is -1.56. The van der Waals surface area contributed by atoms with Crippen LogP contribution in [0.3, 0.4) is 0 Å². The Labute approximate surface area is 81.8 Å². The number of rotatable bonds is 5. The highest BCUT2D eigenvalue weighted by Crippen LogP contribution is 2.12. The molecule has 0 fully saturated rings. The summed E-state index contributed by atoms with van der Waals surface area (Å²) in [5.74, 6) is 10.8. The van der Waals surface area contributed by atoms with Crippen molar-refractivity contribution in [1.82, 2.24) is 0 Å². The van der Waals surface area contributed by atoms with Crippen molar-refractivity contribution in [2.75, 3.05) is 6.61 Å². The fourth-order valence-corrected chi connectivity index (χ4v) is 0.885. The Balaban J connectivity index is 2.60. The van der Waals surface area contributed by atoms with Crippen LogP contribution in [0.15, 0.2) is 42.4 Å². The van der Waals surface area contributed by atoms with Crippen molar-refractivity contribution in [3.63, 3.8) is 0 Å². The highest BCUT2D eigenvalue weighted by molar-refractivity contribution is 5.23. The molecule has 1 rings (SSSR count). The van der Waals surface area contributed by atoms with E-state index < -0.39 is 0 Å². The van der Waals surface area contributed by atoms with Crippen molar-refractivity contribution in [3.05, 3.63) is 42.4 Å². The summed E-state index contributed by atoms with van der Waals surface area (Å²) in [6.45, 7) is 0.0894.